The van der Waals surface area contributed by atoms with E-state index in [-0.39, 0.29) is 12.0 Å². The zero-order valence-electron chi connectivity index (χ0n) is 9.09. The van der Waals surface area contributed by atoms with E-state index in [0.717, 1.165) is 9.26 Å². The van der Waals surface area contributed by atoms with Gasteiger partial charge in [-0.2, -0.15) is 0 Å². The van der Waals surface area contributed by atoms with Crippen molar-refractivity contribution in [1.82, 2.24) is 0 Å². The second-order valence-corrected chi connectivity index (χ2v) is 4.91. The SMILES string of the molecule is CCC(Nc1ccc(I)cc1Cl)C(=O)OC. The number of ether oxygens (including phenoxy) is 1. The molecule has 3 nitrogen and oxygen atoms in total. The van der Waals surface area contributed by atoms with Crippen molar-refractivity contribution in [2.45, 2.75) is 19.4 Å². The Labute approximate surface area is 114 Å². The first-order valence-corrected chi connectivity index (χ1v) is 6.33. The first-order chi connectivity index (χ1) is 7.58. The molecule has 1 atom stereocenters. The standard InChI is InChI=1S/C11H13ClINO2/c1-3-9(11(15)16-2)14-10-5-4-7(13)6-8(10)12/h4-6,9,14H,3H2,1-2H3. The van der Waals surface area contributed by atoms with Crippen molar-refractivity contribution in [3.8, 4) is 0 Å². The van der Waals surface area contributed by atoms with Crippen LogP contribution in [0.1, 0.15) is 13.3 Å². The summed E-state index contributed by atoms with van der Waals surface area (Å²) in [6.45, 7) is 1.91. The minimum atomic E-state index is -0.359. The lowest BCUT2D eigenvalue weighted by Gasteiger charge is -2.16. The van der Waals surface area contributed by atoms with Gasteiger partial charge in [0.05, 0.1) is 17.8 Å². The smallest absolute Gasteiger partial charge is 0.328 e. The van der Waals surface area contributed by atoms with Crippen LogP contribution in [-0.2, 0) is 9.53 Å². The van der Waals surface area contributed by atoms with Gasteiger partial charge in [-0.05, 0) is 47.2 Å². The van der Waals surface area contributed by atoms with Gasteiger partial charge in [0.25, 0.3) is 0 Å². The van der Waals surface area contributed by atoms with Crippen molar-refractivity contribution < 1.29 is 9.53 Å². The molecule has 0 aliphatic rings. The lowest BCUT2D eigenvalue weighted by molar-refractivity contribution is -0.141. The molecule has 0 aromatic heterocycles. The van der Waals surface area contributed by atoms with Gasteiger partial charge in [0.2, 0.25) is 0 Å². The summed E-state index contributed by atoms with van der Waals surface area (Å²) in [6.07, 6.45) is 0.648. The van der Waals surface area contributed by atoms with Crippen LogP contribution in [0.15, 0.2) is 18.2 Å². The summed E-state index contributed by atoms with van der Waals surface area (Å²) in [7, 11) is 1.38. The minimum absolute atomic E-state index is 0.280. The molecule has 1 rings (SSSR count). The van der Waals surface area contributed by atoms with Gasteiger partial charge in [-0.1, -0.05) is 18.5 Å². The third kappa shape index (κ3) is 3.52. The van der Waals surface area contributed by atoms with Crippen molar-refractivity contribution in [2.24, 2.45) is 0 Å². The number of carbonyl (C=O) groups excluding carboxylic acids is 1. The van der Waals surface area contributed by atoms with E-state index in [2.05, 4.69) is 27.9 Å². The molecule has 0 fully saturated rings. The first-order valence-electron chi connectivity index (χ1n) is 4.88. The molecule has 0 heterocycles. The Morgan fingerprint density at radius 2 is 2.31 bits per heavy atom. The van der Waals surface area contributed by atoms with Crippen molar-refractivity contribution in [1.29, 1.82) is 0 Å². The molecule has 0 spiro atoms. The fraction of sp³-hybridized carbons (Fsp3) is 0.364. The fourth-order valence-corrected chi connectivity index (χ4v) is 2.17. The number of halogens is 2. The summed E-state index contributed by atoms with van der Waals surface area (Å²) in [4.78, 5) is 11.4. The number of methoxy groups -OCH3 is 1. The molecule has 16 heavy (non-hydrogen) atoms. The molecule has 0 amide bonds. The Morgan fingerprint density at radius 3 is 2.81 bits per heavy atom. The first kappa shape index (κ1) is 13.6. The minimum Gasteiger partial charge on any atom is -0.467 e. The van der Waals surface area contributed by atoms with Gasteiger partial charge < -0.3 is 10.1 Å². The van der Waals surface area contributed by atoms with E-state index in [9.17, 15) is 4.79 Å². The molecule has 0 aliphatic carbocycles. The Kier molecular flexibility index (Phi) is 5.34. The van der Waals surface area contributed by atoms with Gasteiger partial charge >= 0.3 is 5.97 Å². The third-order valence-electron chi connectivity index (χ3n) is 2.15. The number of nitrogens with one attached hydrogen (secondary N) is 1. The molecule has 0 saturated heterocycles. The average molecular weight is 354 g/mol. The highest BCUT2D eigenvalue weighted by Crippen LogP contribution is 2.24. The maximum atomic E-state index is 11.4. The highest BCUT2D eigenvalue weighted by atomic mass is 127. The maximum absolute atomic E-state index is 11.4. The number of hydrogen-bond acceptors (Lipinski definition) is 3. The maximum Gasteiger partial charge on any atom is 0.328 e. The van der Waals surface area contributed by atoms with Crippen LogP contribution in [0.2, 0.25) is 5.02 Å². The van der Waals surface area contributed by atoms with Gasteiger partial charge in [0.15, 0.2) is 0 Å². The van der Waals surface area contributed by atoms with Crippen LogP contribution >= 0.6 is 34.2 Å². The van der Waals surface area contributed by atoms with E-state index in [4.69, 9.17) is 16.3 Å². The number of carbonyl (C=O) groups is 1. The van der Waals surface area contributed by atoms with Gasteiger partial charge in [-0.3, -0.25) is 0 Å². The Bertz CT molecular complexity index is 384. The van der Waals surface area contributed by atoms with Gasteiger partial charge in [0.1, 0.15) is 6.04 Å². The topological polar surface area (TPSA) is 38.3 Å². The van der Waals surface area contributed by atoms with Crippen LogP contribution in [0.25, 0.3) is 0 Å². The van der Waals surface area contributed by atoms with Crippen LogP contribution < -0.4 is 5.32 Å². The summed E-state index contributed by atoms with van der Waals surface area (Å²) in [5.41, 5.74) is 0.749. The second kappa shape index (κ2) is 6.30. The van der Waals surface area contributed by atoms with Crippen LogP contribution in [0.5, 0.6) is 0 Å². The molecule has 88 valence electrons. The van der Waals surface area contributed by atoms with E-state index >= 15 is 0 Å². The molecule has 0 radical (unpaired) electrons. The second-order valence-electron chi connectivity index (χ2n) is 3.25. The predicted molar refractivity (Wildman–Crippen MR) is 73.9 cm³/mol. The van der Waals surface area contributed by atoms with Crippen molar-refractivity contribution in [3.63, 3.8) is 0 Å². The van der Waals surface area contributed by atoms with E-state index in [1.807, 2.05) is 25.1 Å². The van der Waals surface area contributed by atoms with Crippen LogP contribution in [0, 0.1) is 3.57 Å². The Balaban J connectivity index is 2.82. The van der Waals surface area contributed by atoms with Crippen LogP contribution in [0.3, 0.4) is 0 Å². The number of hydrogen-bond donors (Lipinski definition) is 1. The molecule has 0 aliphatic heterocycles. The largest absolute Gasteiger partial charge is 0.467 e. The van der Waals surface area contributed by atoms with E-state index in [1.54, 1.807) is 0 Å². The third-order valence-corrected chi connectivity index (χ3v) is 3.14. The van der Waals surface area contributed by atoms with Crippen LogP contribution in [-0.4, -0.2) is 19.1 Å². The summed E-state index contributed by atoms with van der Waals surface area (Å²) >= 11 is 8.24. The molecule has 1 aromatic carbocycles. The zero-order valence-corrected chi connectivity index (χ0v) is 12.0. The summed E-state index contributed by atoms with van der Waals surface area (Å²) in [6, 6.07) is 5.27. The number of anilines is 1. The predicted octanol–water partition coefficient (Wildman–Crippen LogP) is 3.31. The lowest BCUT2D eigenvalue weighted by Crippen LogP contribution is -2.29. The normalized spacial score (nSPS) is 12.0. The lowest BCUT2D eigenvalue weighted by atomic mass is 10.2. The molecule has 1 unspecified atom stereocenters. The average Bonchev–Trinajstić information content (AvgIpc) is 2.27. The van der Waals surface area contributed by atoms with Gasteiger partial charge in [0, 0.05) is 3.57 Å². The van der Waals surface area contributed by atoms with E-state index in [1.165, 1.54) is 7.11 Å². The summed E-state index contributed by atoms with van der Waals surface area (Å²) in [5.74, 6) is -0.280. The highest BCUT2D eigenvalue weighted by molar-refractivity contribution is 14.1. The Hall–Kier alpha value is -0.490. The number of rotatable bonds is 4. The zero-order chi connectivity index (χ0) is 12.1. The molecule has 1 aromatic rings. The van der Waals surface area contributed by atoms with Crippen molar-refractivity contribution >= 4 is 45.8 Å². The molecular formula is C11H13ClINO2. The summed E-state index contributed by atoms with van der Waals surface area (Å²) < 4.78 is 5.75. The monoisotopic (exact) mass is 353 g/mol. The number of benzene rings is 1. The van der Waals surface area contributed by atoms with Gasteiger partial charge in [-0.25, -0.2) is 4.79 Å². The molecule has 1 N–H and O–H groups in total. The Morgan fingerprint density at radius 1 is 1.62 bits per heavy atom. The van der Waals surface area contributed by atoms with Crippen molar-refractivity contribution in [2.75, 3.05) is 12.4 Å². The summed E-state index contributed by atoms with van der Waals surface area (Å²) in [5, 5.41) is 3.67. The highest BCUT2D eigenvalue weighted by Gasteiger charge is 2.17. The van der Waals surface area contributed by atoms with Crippen LogP contribution in [0.4, 0.5) is 5.69 Å². The van der Waals surface area contributed by atoms with Gasteiger partial charge in [-0.15, -0.1) is 0 Å². The molecular weight excluding hydrogens is 340 g/mol. The fourth-order valence-electron chi connectivity index (χ4n) is 1.26. The van der Waals surface area contributed by atoms with Crippen molar-refractivity contribution in [3.05, 3.63) is 26.8 Å². The number of esters is 1. The molecule has 0 bridgehead atoms. The molecule has 0 saturated carbocycles. The van der Waals surface area contributed by atoms with E-state index < -0.39 is 0 Å². The quantitative estimate of drug-likeness (QED) is 0.667. The van der Waals surface area contributed by atoms with E-state index in [0.29, 0.717) is 11.4 Å². The molecule has 5 heteroatoms.